The van der Waals surface area contributed by atoms with Crippen molar-refractivity contribution in [2.75, 3.05) is 0 Å². The quantitative estimate of drug-likeness (QED) is 0.656. The van der Waals surface area contributed by atoms with Gasteiger partial charge < -0.3 is 0 Å². The van der Waals surface area contributed by atoms with Gasteiger partial charge in [-0.05, 0) is 42.5 Å². The smallest absolute Gasteiger partial charge is 0.126 e. The normalized spacial score (nSPS) is 13.3. The number of hydrogen-bond donors (Lipinski definition) is 0. The highest BCUT2D eigenvalue weighted by atomic mass is 19.1. The van der Waals surface area contributed by atoms with E-state index in [9.17, 15) is 8.78 Å². The van der Waals surface area contributed by atoms with E-state index >= 15 is 0 Å². The average Bonchev–Trinajstić information content (AvgIpc) is 2.20. The van der Waals surface area contributed by atoms with Crippen LogP contribution in [0.2, 0.25) is 0 Å². The van der Waals surface area contributed by atoms with Gasteiger partial charge in [-0.2, -0.15) is 0 Å². The van der Waals surface area contributed by atoms with Crippen molar-refractivity contribution in [2.45, 2.75) is 26.7 Å². The Morgan fingerprint density at radius 2 is 2.07 bits per heavy atom. The molecule has 15 heavy (non-hydrogen) atoms. The zero-order valence-electron chi connectivity index (χ0n) is 9.13. The lowest BCUT2D eigenvalue weighted by Crippen LogP contribution is -1.99. The molecule has 1 unspecified atom stereocenters. The van der Waals surface area contributed by atoms with Gasteiger partial charge in [0.25, 0.3) is 0 Å². The third kappa shape index (κ3) is 3.82. The lowest BCUT2D eigenvalue weighted by molar-refractivity contribution is 0.571. The number of benzene rings is 1. The number of rotatable bonds is 4. The molecule has 0 heterocycles. The maximum absolute atomic E-state index is 13.3. The second-order valence-corrected chi connectivity index (χ2v) is 3.75. The maximum Gasteiger partial charge on any atom is 0.126 e. The molecule has 0 spiro atoms. The Kier molecular flexibility index (Phi) is 4.47. The Balaban J connectivity index is 2.71. The van der Waals surface area contributed by atoms with Crippen molar-refractivity contribution in [3.63, 3.8) is 0 Å². The highest BCUT2D eigenvalue weighted by Gasteiger charge is 2.06. The summed E-state index contributed by atoms with van der Waals surface area (Å²) >= 11 is 0. The predicted molar refractivity (Wildman–Crippen MR) is 58.7 cm³/mol. The molecule has 0 N–H and O–H groups in total. The fourth-order valence-corrected chi connectivity index (χ4v) is 1.48. The third-order valence-electron chi connectivity index (χ3n) is 2.25. The monoisotopic (exact) mass is 210 g/mol. The largest absolute Gasteiger partial charge is 0.207 e. The van der Waals surface area contributed by atoms with Crippen molar-refractivity contribution in [1.82, 2.24) is 0 Å². The van der Waals surface area contributed by atoms with E-state index in [0.717, 1.165) is 12.5 Å². The second-order valence-electron chi connectivity index (χ2n) is 3.75. The van der Waals surface area contributed by atoms with Crippen LogP contribution in [0.15, 0.2) is 30.4 Å². The molecule has 0 bridgehead atoms. The van der Waals surface area contributed by atoms with Crippen LogP contribution in [0.5, 0.6) is 0 Å². The molecule has 0 aliphatic rings. The summed E-state index contributed by atoms with van der Waals surface area (Å²) in [7, 11) is 0. The third-order valence-corrected chi connectivity index (χ3v) is 2.25. The van der Waals surface area contributed by atoms with Gasteiger partial charge in [0.2, 0.25) is 0 Å². The molecule has 2 heteroatoms. The van der Waals surface area contributed by atoms with E-state index in [1.54, 1.807) is 0 Å². The molecule has 0 fully saturated rings. The summed E-state index contributed by atoms with van der Waals surface area (Å²) < 4.78 is 26.1. The van der Waals surface area contributed by atoms with Gasteiger partial charge in [-0.15, -0.1) is 0 Å². The molecule has 0 aliphatic carbocycles. The summed E-state index contributed by atoms with van der Waals surface area (Å²) in [6.07, 6.45) is 5.59. The van der Waals surface area contributed by atoms with Gasteiger partial charge in [-0.1, -0.05) is 26.0 Å². The first-order valence-corrected chi connectivity index (χ1v) is 5.24. The SMILES string of the molecule is CC/C=C\C(C)Cc1cc(F)ccc1F. The fourth-order valence-electron chi connectivity index (χ4n) is 1.48. The molecule has 0 aromatic heterocycles. The van der Waals surface area contributed by atoms with E-state index < -0.39 is 0 Å². The minimum absolute atomic E-state index is 0.237. The van der Waals surface area contributed by atoms with Crippen LogP contribution in [0.4, 0.5) is 8.78 Å². The predicted octanol–water partition coefficient (Wildman–Crippen LogP) is 4.11. The van der Waals surface area contributed by atoms with Crippen molar-refractivity contribution < 1.29 is 8.78 Å². The molecule has 0 saturated heterocycles. The standard InChI is InChI=1S/C13H16F2/c1-3-4-5-10(2)8-11-9-12(14)6-7-13(11)15/h4-7,9-10H,3,8H2,1-2H3/b5-4-. The molecule has 1 atom stereocenters. The van der Waals surface area contributed by atoms with E-state index in [-0.39, 0.29) is 17.6 Å². The van der Waals surface area contributed by atoms with Crippen LogP contribution in [0.25, 0.3) is 0 Å². The van der Waals surface area contributed by atoms with Crippen LogP contribution in [0.3, 0.4) is 0 Å². The fraction of sp³-hybridized carbons (Fsp3) is 0.385. The van der Waals surface area contributed by atoms with Crippen LogP contribution in [0.1, 0.15) is 25.8 Å². The van der Waals surface area contributed by atoms with Gasteiger partial charge in [0, 0.05) is 0 Å². The molecule has 1 aromatic rings. The summed E-state index contributed by atoms with van der Waals surface area (Å²) in [6, 6.07) is 3.60. The van der Waals surface area contributed by atoms with Gasteiger partial charge >= 0.3 is 0 Å². The van der Waals surface area contributed by atoms with Gasteiger partial charge in [0.1, 0.15) is 11.6 Å². The summed E-state index contributed by atoms with van der Waals surface area (Å²) in [5, 5.41) is 0. The first kappa shape index (κ1) is 11.9. The highest BCUT2D eigenvalue weighted by molar-refractivity contribution is 5.19. The van der Waals surface area contributed by atoms with Gasteiger partial charge in [-0.3, -0.25) is 0 Å². The second kappa shape index (κ2) is 5.64. The lowest BCUT2D eigenvalue weighted by atomic mass is 10.00. The van der Waals surface area contributed by atoms with Gasteiger partial charge in [0.05, 0.1) is 0 Å². The summed E-state index contributed by atoms with van der Waals surface area (Å²) in [5.74, 6) is -0.465. The van der Waals surface area contributed by atoms with Crippen LogP contribution in [-0.4, -0.2) is 0 Å². The maximum atomic E-state index is 13.3. The Morgan fingerprint density at radius 1 is 1.33 bits per heavy atom. The first-order chi connectivity index (χ1) is 7.13. The van der Waals surface area contributed by atoms with E-state index in [1.807, 2.05) is 26.0 Å². The Hall–Kier alpha value is -1.18. The van der Waals surface area contributed by atoms with Crippen molar-refractivity contribution in [3.05, 3.63) is 47.5 Å². The molecule has 0 aliphatic heterocycles. The minimum atomic E-state index is -0.377. The van der Waals surface area contributed by atoms with E-state index in [4.69, 9.17) is 0 Å². The topological polar surface area (TPSA) is 0 Å². The molecule has 0 saturated carbocycles. The molecule has 82 valence electrons. The van der Waals surface area contributed by atoms with E-state index in [0.29, 0.717) is 12.0 Å². The molecule has 0 amide bonds. The van der Waals surface area contributed by atoms with Gasteiger partial charge in [0.15, 0.2) is 0 Å². The first-order valence-electron chi connectivity index (χ1n) is 5.24. The summed E-state index contributed by atoms with van der Waals surface area (Å²) in [6.45, 7) is 4.04. The van der Waals surface area contributed by atoms with Crippen molar-refractivity contribution in [2.24, 2.45) is 5.92 Å². The number of hydrogen-bond acceptors (Lipinski definition) is 0. The molecule has 0 nitrogen and oxygen atoms in total. The summed E-state index contributed by atoms with van der Waals surface area (Å²) in [4.78, 5) is 0. The minimum Gasteiger partial charge on any atom is -0.207 e. The molecule has 1 rings (SSSR count). The van der Waals surface area contributed by atoms with Crippen molar-refractivity contribution in [3.8, 4) is 0 Å². The Morgan fingerprint density at radius 3 is 2.73 bits per heavy atom. The molecular formula is C13H16F2. The zero-order chi connectivity index (χ0) is 11.3. The average molecular weight is 210 g/mol. The van der Waals surface area contributed by atoms with Crippen molar-refractivity contribution in [1.29, 1.82) is 0 Å². The summed E-state index contributed by atoms with van der Waals surface area (Å²) in [5.41, 5.74) is 0.447. The van der Waals surface area contributed by atoms with Crippen molar-refractivity contribution >= 4 is 0 Å². The van der Waals surface area contributed by atoms with E-state index in [1.165, 1.54) is 12.1 Å². The molecule has 1 aromatic carbocycles. The Bertz CT molecular complexity index is 342. The highest BCUT2D eigenvalue weighted by Crippen LogP contribution is 2.15. The van der Waals surface area contributed by atoms with Crippen LogP contribution in [0, 0.1) is 17.6 Å². The van der Waals surface area contributed by atoms with E-state index in [2.05, 4.69) is 0 Å². The lowest BCUT2D eigenvalue weighted by Gasteiger charge is -2.07. The molecule has 0 radical (unpaired) electrons. The zero-order valence-corrected chi connectivity index (χ0v) is 9.13. The number of allylic oxidation sites excluding steroid dienone is 2. The van der Waals surface area contributed by atoms with Gasteiger partial charge in [-0.25, -0.2) is 8.78 Å². The number of halogens is 2. The van der Waals surface area contributed by atoms with Crippen LogP contribution in [-0.2, 0) is 6.42 Å². The molecular weight excluding hydrogens is 194 g/mol. The van der Waals surface area contributed by atoms with Crippen LogP contribution >= 0.6 is 0 Å². The van der Waals surface area contributed by atoms with Crippen LogP contribution < -0.4 is 0 Å². The Labute approximate surface area is 89.6 Å².